The van der Waals surface area contributed by atoms with E-state index >= 15 is 0 Å². The summed E-state index contributed by atoms with van der Waals surface area (Å²) in [5.74, 6) is 0.537. The topological polar surface area (TPSA) is 29.9 Å². The first-order chi connectivity index (χ1) is 6.20. The Bertz CT molecular complexity index is 312. The summed E-state index contributed by atoms with van der Waals surface area (Å²) in [5, 5.41) is 7.96. The van der Waals surface area contributed by atoms with Crippen LogP contribution in [0.2, 0.25) is 0 Å². The van der Waals surface area contributed by atoms with Gasteiger partial charge in [-0.15, -0.1) is 0 Å². The van der Waals surface area contributed by atoms with E-state index in [4.69, 9.17) is 0 Å². The van der Waals surface area contributed by atoms with Crippen LogP contribution in [-0.4, -0.2) is 16.3 Å². The van der Waals surface area contributed by atoms with E-state index in [9.17, 15) is 0 Å². The second-order valence-electron chi connectivity index (χ2n) is 4.02. The van der Waals surface area contributed by atoms with Gasteiger partial charge in [-0.1, -0.05) is 13.8 Å². The molecule has 3 nitrogen and oxygen atoms in total. The molecular weight excluding hydrogens is 162 g/mol. The van der Waals surface area contributed by atoms with Gasteiger partial charge in [-0.25, -0.2) is 0 Å². The highest BCUT2D eigenvalue weighted by Gasteiger charge is 2.20. The van der Waals surface area contributed by atoms with E-state index in [1.165, 1.54) is 17.0 Å². The average Bonchev–Trinajstić information content (AvgIpc) is 2.45. The standard InChI is InChI=1S/C10H17N3/c1-7(2)10-8-6-11-5-4-9(8)13(3)12-10/h7,11H,4-6H2,1-3H3. The maximum atomic E-state index is 4.57. The Hall–Kier alpha value is -0.830. The van der Waals surface area contributed by atoms with Crippen molar-refractivity contribution in [2.24, 2.45) is 7.05 Å². The minimum atomic E-state index is 0.537. The molecule has 0 amide bonds. The van der Waals surface area contributed by atoms with Gasteiger partial charge >= 0.3 is 0 Å². The van der Waals surface area contributed by atoms with Gasteiger partial charge in [-0.05, 0) is 5.92 Å². The van der Waals surface area contributed by atoms with Crippen molar-refractivity contribution in [3.05, 3.63) is 17.0 Å². The zero-order valence-electron chi connectivity index (χ0n) is 8.59. The van der Waals surface area contributed by atoms with Crippen LogP contribution in [0.25, 0.3) is 0 Å². The summed E-state index contributed by atoms with van der Waals surface area (Å²) in [6.45, 7) is 6.50. The minimum Gasteiger partial charge on any atom is -0.312 e. The molecule has 3 heteroatoms. The fraction of sp³-hybridized carbons (Fsp3) is 0.700. The first-order valence-corrected chi connectivity index (χ1v) is 4.95. The van der Waals surface area contributed by atoms with E-state index in [2.05, 4.69) is 31.3 Å². The Kier molecular flexibility index (Phi) is 2.12. The van der Waals surface area contributed by atoms with Crippen LogP contribution >= 0.6 is 0 Å². The Balaban J connectivity index is 2.47. The molecule has 2 heterocycles. The van der Waals surface area contributed by atoms with Gasteiger partial charge in [0.25, 0.3) is 0 Å². The number of nitrogens with zero attached hydrogens (tertiary/aromatic N) is 2. The molecule has 0 aromatic carbocycles. The van der Waals surface area contributed by atoms with Gasteiger partial charge in [0.05, 0.1) is 5.69 Å². The molecule has 0 saturated carbocycles. The second kappa shape index (κ2) is 3.14. The summed E-state index contributed by atoms with van der Waals surface area (Å²) < 4.78 is 2.05. The highest BCUT2D eigenvalue weighted by molar-refractivity contribution is 5.30. The van der Waals surface area contributed by atoms with Crippen LogP contribution in [0.1, 0.15) is 36.7 Å². The number of rotatable bonds is 1. The number of hydrogen-bond donors (Lipinski definition) is 1. The zero-order chi connectivity index (χ0) is 9.42. The predicted octanol–water partition coefficient (Wildman–Crippen LogP) is 1.19. The molecule has 0 fully saturated rings. The lowest BCUT2D eigenvalue weighted by Gasteiger charge is -2.14. The van der Waals surface area contributed by atoms with Crippen molar-refractivity contribution in [1.82, 2.24) is 15.1 Å². The molecule has 0 unspecified atom stereocenters. The van der Waals surface area contributed by atoms with Crippen LogP contribution in [0.4, 0.5) is 0 Å². The summed E-state index contributed by atoms with van der Waals surface area (Å²) in [4.78, 5) is 0. The summed E-state index contributed by atoms with van der Waals surface area (Å²) in [7, 11) is 2.05. The van der Waals surface area contributed by atoms with Gasteiger partial charge in [0.2, 0.25) is 0 Å². The van der Waals surface area contributed by atoms with Gasteiger partial charge in [-0.3, -0.25) is 4.68 Å². The predicted molar refractivity (Wildman–Crippen MR) is 52.7 cm³/mol. The number of aryl methyl sites for hydroxylation is 1. The molecule has 0 saturated heterocycles. The maximum Gasteiger partial charge on any atom is 0.0697 e. The highest BCUT2D eigenvalue weighted by atomic mass is 15.3. The third-order valence-corrected chi connectivity index (χ3v) is 2.69. The van der Waals surface area contributed by atoms with E-state index in [1.807, 2.05) is 4.68 Å². The van der Waals surface area contributed by atoms with Crippen molar-refractivity contribution in [1.29, 1.82) is 0 Å². The first-order valence-electron chi connectivity index (χ1n) is 4.95. The molecule has 1 N–H and O–H groups in total. The molecule has 1 aromatic rings. The van der Waals surface area contributed by atoms with Crippen molar-refractivity contribution in [3.8, 4) is 0 Å². The molecule has 0 atom stereocenters. The summed E-state index contributed by atoms with van der Waals surface area (Å²) in [6.07, 6.45) is 1.12. The lowest BCUT2D eigenvalue weighted by Crippen LogP contribution is -2.24. The molecule has 2 rings (SSSR count). The van der Waals surface area contributed by atoms with Crippen LogP contribution in [0.3, 0.4) is 0 Å². The maximum absolute atomic E-state index is 4.57. The summed E-state index contributed by atoms with van der Waals surface area (Å²) >= 11 is 0. The molecule has 0 aliphatic carbocycles. The van der Waals surface area contributed by atoms with E-state index in [0.29, 0.717) is 5.92 Å². The third-order valence-electron chi connectivity index (χ3n) is 2.69. The monoisotopic (exact) mass is 179 g/mol. The summed E-state index contributed by atoms with van der Waals surface area (Å²) in [5.41, 5.74) is 4.12. The lowest BCUT2D eigenvalue weighted by molar-refractivity contribution is 0.604. The Morgan fingerprint density at radius 3 is 2.92 bits per heavy atom. The Morgan fingerprint density at radius 2 is 2.23 bits per heavy atom. The first kappa shape index (κ1) is 8.75. The van der Waals surface area contributed by atoms with Gasteiger partial charge in [-0.2, -0.15) is 5.10 Å². The van der Waals surface area contributed by atoms with Crippen LogP contribution in [0.5, 0.6) is 0 Å². The SMILES string of the molecule is CC(C)c1nn(C)c2c1CNCC2. The molecular formula is C10H17N3. The number of nitrogens with one attached hydrogen (secondary N) is 1. The molecule has 0 radical (unpaired) electrons. The van der Waals surface area contributed by atoms with Crippen LogP contribution in [0, 0.1) is 0 Å². The normalized spacial score (nSPS) is 16.3. The fourth-order valence-electron chi connectivity index (χ4n) is 2.01. The number of fused-ring (bicyclic) bond motifs is 1. The van der Waals surface area contributed by atoms with E-state index in [1.54, 1.807) is 0 Å². The lowest BCUT2D eigenvalue weighted by atomic mass is 10.0. The molecule has 0 bridgehead atoms. The van der Waals surface area contributed by atoms with Crippen molar-refractivity contribution >= 4 is 0 Å². The summed E-state index contributed by atoms with van der Waals surface area (Å²) in [6, 6.07) is 0. The third kappa shape index (κ3) is 1.37. The molecule has 13 heavy (non-hydrogen) atoms. The molecule has 1 aliphatic heterocycles. The van der Waals surface area contributed by atoms with Crippen molar-refractivity contribution in [2.75, 3.05) is 6.54 Å². The highest BCUT2D eigenvalue weighted by Crippen LogP contribution is 2.23. The quantitative estimate of drug-likeness (QED) is 0.701. The molecule has 72 valence electrons. The fourth-order valence-corrected chi connectivity index (χ4v) is 2.01. The van der Waals surface area contributed by atoms with Gasteiger partial charge < -0.3 is 5.32 Å². The Labute approximate surface area is 79.1 Å². The van der Waals surface area contributed by atoms with E-state index in [0.717, 1.165) is 19.5 Å². The van der Waals surface area contributed by atoms with Crippen molar-refractivity contribution in [3.63, 3.8) is 0 Å². The van der Waals surface area contributed by atoms with Gasteiger partial charge in [0.15, 0.2) is 0 Å². The molecule has 1 aliphatic rings. The number of aromatic nitrogens is 2. The van der Waals surface area contributed by atoms with Gasteiger partial charge in [0.1, 0.15) is 0 Å². The largest absolute Gasteiger partial charge is 0.312 e. The van der Waals surface area contributed by atoms with Crippen molar-refractivity contribution in [2.45, 2.75) is 32.7 Å². The Morgan fingerprint density at radius 1 is 1.46 bits per heavy atom. The van der Waals surface area contributed by atoms with Gasteiger partial charge in [0, 0.05) is 37.8 Å². The second-order valence-corrected chi connectivity index (χ2v) is 4.02. The molecule has 1 aromatic heterocycles. The van der Waals surface area contributed by atoms with Crippen molar-refractivity contribution < 1.29 is 0 Å². The van der Waals surface area contributed by atoms with E-state index < -0.39 is 0 Å². The van der Waals surface area contributed by atoms with Crippen LogP contribution in [0.15, 0.2) is 0 Å². The molecule has 0 spiro atoms. The smallest absolute Gasteiger partial charge is 0.0697 e. The van der Waals surface area contributed by atoms with Crippen LogP contribution < -0.4 is 5.32 Å². The zero-order valence-corrected chi connectivity index (χ0v) is 8.59. The minimum absolute atomic E-state index is 0.537. The van der Waals surface area contributed by atoms with Crippen LogP contribution in [-0.2, 0) is 20.0 Å². The number of hydrogen-bond acceptors (Lipinski definition) is 2. The van der Waals surface area contributed by atoms with E-state index in [-0.39, 0.29) is 0 Å². The average molecular weight is 179 g/mol.